The first kappa shape index (κ1) is 60.6. The number of carbonyl (C=O) groups is 3. The van der Waals surface area contributed by atoms with E-state index < -0.39 is 6.10 Å². The Bertz CT molecular complexity index is 1250. The fourth-order valence-corrected chi connectivity index (χ4v) is 7.10. The molecule has 0 aromatic rings. The maximum absolute atomic E-state index is 12.8. The molecule has 0 aromatic heterocycles. The van der Waals surface area contributed by atoms with Crippen molar-refractivity contribution in [3.63, 3.8) is 0 Å². The topological polar surface area (TPSA) is 78.9 Å². The fourth-order valence-electron chi connectivity index (χ4n) is 7.10. The predicted octanol–water partition coefficient (Wildman–Crippen LogP) is 17.6. The van der Waals surface area contributed by atoms with Crippen molar-refractivity contribution in [2.75, 3.05) is 13.2 Å². The first-order chi connectivity index (χ1) is 31.5. The molecule has 366 valence electrons. The van der Waals surface area contributed by atoms with Gasteiger partial charge in [-0.2, -0.15) is 0 Å². The molecule has 0 aliphatic rings. The van der Waals surface area contributed by atoms with Crippen molar-refractivity contribution < 1.29 is 28.6 Å². The quantitative estimate of drug-likeness (QED) is 0.0262. The molecule has 0 fully saturated rings. The van der Waals surface area contributed by atoms with E-state index in [1.54, 1.807) is 0 Å². The van der Waals surface area contributed by atoms with Crippen LogP contribution < -0.4 is 0 Å². The number of ether oxygens (including phenoxy) is 3. The summed E-state index contributed by atoms with van der Waals surface area (Å²) in [6.07, 6.45) is 67.2. The third kappa shape index (κ3) is 49.6. The minimum Gasteiger partial charge on any atom is -0.462 e. The van der Waals surface area contributed by atoms with Gasteiger partial charge in [0.1, 0.15) is 13.2 Å². The SMILES string of the molecule is CCCCC/C=C\C/C=C\C/C=C\C/C=C\C/C=C\CCC(=O)OC[C@H](COC(=O)CCCCCCC/C=C\C/C=C\CCCCC)OC(=O)CCCCCCCCCCCCCC. The second kappa shape index (κ2) is 52.2. The molecule has 6 heteroatoms. The zero-order valence-corrected chi connectivity index (χ0v) is 41.8. The number of allylic oxidation sites excluding steroid dienone is 14. The van der Waals surface area contributed by atoms with E-state index in [4.69, 9.17) is 14.2 Å². The molecular weight excluding hydrogens is 793 g/mol. The average molecular weight is 891 g/mol. The highest BCUT2D eigenvalue weighted by atomic mass is 16.6. The summed E-state index contributed by atoms with van der Waals surface area (Å²) in [7, 11) is 0. The van der Waals surface area contributed by atoms with E-state index in [1.165, 1.54) is 109 Å². The molecular formula is C58H98O6. The Labute approximate surface area is 395 Å². The molecule has 0 aliphatic heterocycles. The van der Waals surface area contributed by atoms with Gasteiger partial charge in [-0.25, -0.2) is 0 Å². The van der Waals surface area contributed by atoms with Gasteiger partial charge in [-0.15, -0.1) is 0 Å². The largest absolute Gasteiger partial charge is 0.462 e. The molecule has 0 radical (unpaired) electrons. The van der Waals surface area contributed by atoms with Crippen molar-refractivity contribution in [2.24, 2.45) is 0 Å². The van der Waals surface area contributed by atoms with Crippen LogP contribution in [0.3, 0.4) is 0 Å². The molecule has 0 saturated carbocycles. The Hall–Kier alpha value is -3.41. The van der Waals surface area contributed by atoms with Gasteiger partial charge in [0, 0.05) is 19.3 Å². The van der Waals surface area contributed by atoms with Crippen molar-refractivity contribution in [1.82, 2.24) is 0 Å². The lowest BCUT2D eigenvalue weighted by Crippen LogP contribution is -2.30. The molecule has 0 heterocycles. The maximum atomic E-state index is 12.8. The molecule has 0 N–H and O–H groups in total. The summed E-state index contributed by atoms with van der Waals surface area (Å²) in [5, 5.41) is 0. The van der Waals surface area contributed by atoms with Gasteiger partial charge < -0.3 is 14.2 Å². The van der Waals surface area contributed by atoms with Gasteiger partial charge in [0.2, 0.25) is 0 Å². The highest BCUT2D eigenvalue weighted by molar-refractivity contribution is 5.71. The zero-order chi connectivity index (χ0) is 46.5. The van der Waals surface area contributed by atoms with Crippen LogP contribution in [0, 0.1) is 0 Å². The van der Waals surface area contributed by atoms with Crippen LogP contribution in [0.5, 0.6) is 0 Å². The number of carbonyl (C=O) groups excluding carboxylic acids is 3. The lowest BCUT2D eigenvalue weighted by Gasteiger charge is -2.18. The summed E-state index contributed by atoms with van der Waals surface area (Å²) in [4.78, 5) is 38.0. The minimum absolute atomic E-state index is 0.106. The number of hydrogen-bond acceptors (Lipinski definition) is 6. The van der Waals surface area contributed by atoms with Gasteiger partial charge in [-0.05, 0) is 89.9 Å². The molecule has 0 spiro atoms. The van der Waals surface area contributed by atoms with E-state index in [1.807, 2.05) is 6.08 Å². The van der Waals surface area contributed by atoms with Crippen LogP contribution in [0.25, 0.3) is 0 Å². The third-order valence-corrected chi connectivity index (χ3v) is 11.1. The monoisotopic (exact) mass is 891 g/mol. The Balaban J connectivity index is 4.50. The number of unbranched alkanes of at least 4 members (excludes halogenated alkanes) is 22. The molecule has 0 saturated heterocycles. The number of esters is 3. The van der Waals surface area contributed by atoms with E-state index in [-0.39, 0.29) is 37.5 Å². The van der Waals surface area contributed by atoms with Gasteiger partial charge in [0.25, 0.3) is 0 Å². The smallest absolute Gasteiger partial charge is 0.306 e. The highest BCUT2D eigenvalue weighted by Crippen LogP contribution is 2.14. The third-order valence-electron chi connectivity index (χ3n) is 11.1. The fraction of sp³-hybridized carbons (Fsp3) is 0.707. The van der Waals surface area contributed by atoms with Crippen LogP contribution in [0.2, 0.25) is 0 Å². The van der Waals surface area contributed by atoms with Crippen molar-refractivity contribution in [1.29, 1.82) is 0 Å². The summed E-state index contributed by atoms with van der Waals surface area (Å²) in [5.74, 6) is -1.00. The highest BCUT2D eigenvalue weighted by Gasteiger charge is 2.19. The standard InChI is InChI=1S/C58H98O6/c1-4-7-10-13-16-19-22-25-27-28-29-30-32-34-37-39-42-45-48-51-57(60)63-54-55(64-58(61)52-49-46-43-40-35-24-21-18-15-12-9-6-3)53-62-56(59)50-47-44-41-38-36-33-31-26-23-20-17-14-11-8-5-2/h16-17,19-20,25-27,29-31,34,37,42,45,55H,4-15,18,21-24,28,32-33,35-36,38-41,43-44,46-54H2,1-3H3/b19-16-,20-17-,27-25-,30-29-,31-26-,37-34-,45-42-/t55-/m0/s1. The molecule has 64 heavy (non-hydrogen) atoms. The predicted molar refractivity (Wildman–Crippen MR) is 274 cm³/mol. The maximum Gasteiger partial charge on any atom is 0.306 e. The summed E-state index contributed by atoms with van der Waals surface area (Å²) in [6, 6.07) is 0. The zero-order valence-electron chi connectivity index (χ0n) is 41.8. The van der Waals surface area contributed by atoms with Crippen LogP contribution in [0.1, 0.15) is 245 Å². The van der Waals surface area contributed by atoms with Crippen LogP contribution in [0.15, 0.2) is 85.1 Å². The van der Waals surface area contributed by atoms with E-state index in [0.717, 1.165) is 89.9 Å². The number of rotatable bonds is 47. The molecule has 0 bridgehead atoms. The second-order valence-corrected chi connectivity index (χ2v) is 17.4. The molecule has 0 aromatic carbocycles. The first-order valence-corrected chi connectivity index (χ1v) is 26.6. The minimum atomic E-state index is -0.810. The second-order valence-electron chi connectivity index (χ2n) is 17.4. The average Bonchev–Trinajstić information content (AvgIpc) is 3.29. The molecule has 6 nitrogen and oxygen atoms in total. The summed E-state index contributed by atoms with van der Waals surface area (Å²) in [6.45, 7) is 6.50. The Morgan fingerprint density at radius 3 is 1.00 bits per heavy atom. The molecule has 0 amide bonds. The van der Waals surface area contributed by atoms with Crippen molar-refractivity contribution in [3.8, 4) is 0 Å². The normalized spacial score (nSPS) is 12.7. The Morgan fingerprint density at radius 2 is 0.594 bits per heavy atom. The first-order valence-electron chi connectivity index (χ1n) is 26.6. The van der Waals surface area contributed by atoms with Gasteiger partial charge >= 0.3 is 17.9 Å². The summed E-state index contributed by atoms with van der Waals surface area (Å²) >= 11 is 0. The van der Waals surface area contributed by atoms with Crippen molar-refractivity contribution in [3.05, 3.63) is 85.1 Å². The Morgan fingerprint density at radius 1 is 0.312 bits per heavy atom. The molecule has 0 aliphatic carbocycles. The van der Waals surface area contributed by atoms with Gasteiger partial charge in [-0.1, -0.05) is 221 Å². The van der Waals surface area contributed by atoms with Crippen LogP contribution >= 0.6 is 0 Å². The summed E-state index contributed by atoms with van der Waals surface area (Å²) in [5.41, 5.74) is 0. The molecule has 0 rings (SSSR count). The van der Waals surface area contributed by atoms with Crippen LogP contribution in [-0.2, 0) is 28.6 Å². The van der Waals surface area contributed by atoms with E-state index in [9.17, 15) is 14.4 Å². The van der Waals surface area contributed by atoms with Crippen molar-refractivity contribution >= 4 is 17.9 Å². The van der Waals surface area contributed by atoms with E-state index >= 15 is 0 Å². The van der Waals surface area contributed by atoms with Gasteiger partial charge in [0.05, 0.1) is 0 Å². The van der Waals surface area contributed by atoms with E-state index in [0.29, 0.717) is 19.3 Å². The van der Waals surface area contributed by atoms with Crippen molar-refractivity contribution in [2.45, 2.75) is 252 Å². The van der Waals surface area contributed by atoms with Crippen LogP contribution in [-0.4, -0.2) is 37.2 Å². The van der Waals surface area contributed by atoms with Gasteiger partial charge in [-0.3, -0.25) is 14.4 Å². The summed E-state index contributed by atoms with van der Waals surface area (Å²) < 4.78 is 16.7. The van der Waals surface area contributed by atoms with Crippen LogP contribution in [0.4, 0.5) is 0 Å². The lowest BCUT2D eigenvalue weighted by atomic mass is 10.0. The number of hydrogen-bond donors (Lipinski definition) is 0. The molecule has 1 atom stereocenters. The lowest BCUT2D eigenvalue weighted by molar-refractivity contribution is -0.166. The van der Waals surface area contributed by atoms with E-state index in [2.05, 4.69) is 99.8 Å². The molecule has 0 unspecified atom stereocenters. The van der Waals surface area contributed by atoms with Gasteiger partial charge in [0.15, 0.2) is 6.10 Å². The Kier molecular flexibility index (Phi) is 49.4.